The minimum absolute atomic E-state index is 0.0589. The summed E-state index contributed by atoms with van der Waals surface area (Å²) >= 11 is 0. The fourth-order valence-electron chi connectivity index (χ4n) is 2.98. The van der Waals surface area contributed by atoms with Crippen LogP contribution in [-0.4, -0.2) is 22.5 Å². The molecular weight excluding hydrogens is 438 g/mol. The quantitative estimate of drug-likeness (QED) is 0.154. The van der Waals surface area contributed by atoms with Gasteiger partial charge < -0.3 is 19.9 Å². The van der Waals surface area contributed by atoms with E-state index in [4.69, 9.17) is 9.47 Å². The summed E-state index contributed by atoms with van der Waals surface area (Å²) in [6.45, 7) is 2.56. The average Bonchev–Trinajstić information content (AvgIpc) is 2.83. The van der Waals surface area contributed by atoms with Crippen molar-refractivity contribution >= 4 is 23.4 Å². The molecule has 34 heavy (non-hydrogen) atoms. The number of carbonyl (C=O) groups excluding carboxylic acids is 1. The lowest BCUT2D eigenvalue weighted by Crippen LogP contribution is -2.13. The van der Waals surface area contributed by atoms with Gasteiger partial charge in [-0.15, -0.1) is 0 Å². The molecule has 0 aliphatic carbocycles. The number of amides is 1. The molecule has 1 amide bonds. The number of rotatable bonds is 9. The smallest absolute Gasteiger partial charge is 0.273 e. The van der Waals surface area contributed by atoms with E-state index in [0.717, 1.165) is 17.7 Å². The highest BCUT2D eigenvalue weighted by Crippen LogP contribution is 2.31. The maximum absolute atomic E-state index is 12.6. The molecule has 3 aromatic rings. The Kier molecular flexibility index (Phi) is 7.81. The number of hydrogen-bond donors (Lipinski definition) is 2. The molecule has 2 N–H and O–H groups in total. The van der Waals surface area contributed by atoms with Crippen LogP contribution in [0.3, 0.4) is 0 Å². The first-order valence-corrected chi connectivity index (χ1v) is 10.3. The van der Waals surface area contributed by atoms with E-state index < -0.39 is 16.6 Å². The standard InChI is InChI=1S/C25H21N3O6/c1-2-33-24-13-18(8-11-23(24)34-16-17-6-4-3-5-7-17)12-19(15-26)25(30)27-21-10-9-20(28(31)32)14-22(21)29/h3-14,29H,2,16H2,1H3,(H,27,30)/b19-12+. The van der Waals surface area contributed by atoms with E-state index in [9.17, 15) is 25.3 Å². The summed E-state index contributed by atoms with van der Waals surface area (Å²) in [5.74, 6) is -0.299. The SMILES string of the molecule is CCOc1cc(/C=C(\C#N)C(=O)Nc2ccc([N+](=O)[O-])cc2O)ccc1OCc1ccccc1. The summed E-state index contributed by atoms with van der Waals surface area (Å²) in [6.07, 6.45) is 1.36. The number of aromatic hydroxyl groups is 1. The van der Waals surface area contributed by atoms with Crippen molar-refractivity contribution in [2.75, 3.05) is 11.9 Å². The third kappa shape index (κ3) is 6.11. The van der Waals surface area contributed by atoms with Crippen LogP contribution in [0.1, 0.15) is 18.1 Å². The van der Waals surface area contributed by atoms with Gasteiger partial charge in [-0.3, -0.25) is 14.9 Å². The number of phenols is 1. The number of nitro groups is 1. The molecule has 0 saturated heterocycles. The van der Waals surface area contributed by atoms with Gasteiger partial charge in [-0.2, -0.15) is 5.26 Å². The van der Waals surface area contributed by atoms with E-state index in [1.165, 1.54) is 12.1 Å². The van der Waals surface area contributed by atoms with Crippen LogP contribution in [0.25, 0.3) is 6.08 Å². The van der Waals surface area contributed by atoms with Gasteiger partial charge in [-0.25, -0.2) is 0 Å². The highest BCUT2D eigenvalue weighted by atomic mass is 16.6. The fourth-order valence-corrected chi connectivity index (χ4v) is 2.98. The van der Waals surface area contributed by atoms with E-state index in [-0.39, 0.29) is 16.9 Å². The van der Waals surface area contributed by atoms with Gasteiger partial charge in [-0.05, 0) is 42.3 Å². The second-order valence-electron chi connectivity index (χ2n) is 7.00. The molecule has 0 aromatic heterocycles. The van der Waals surface area contributed by atoms with Gasteiger partial charge in [0.1, 0.15) is 24.0 Å². The summed E-state index contributed by atoms with van der Waals surface area (Å²) in [7, 11) is 0. The molecule has 0 bridgehead atoms. The number of nitriles is 1. The van der Waals surface area contributed by atoms with Crippen molar-refractivity contribution < 1.29 is 24.3 Å². The third-order valence-electron chi connectivity index (χ3n) is 4.62. The summed E-state index contributed by atoms with van der Waals surface area (Å²) < 4.78 is 11.5. The molecule has 0 heterocycles. The number of carbonyl (C=O) groups is 1. The van der Waals surface area contributed by atoms with Gasteiger partial charge in [0.25, 0.3) is 11.6 Å². The van der Waals surface area contributed by atoms with Crippen LogP contribution in [0.15, 0.2) is 72.3 Å². The minimum atomic E-state index is -0.783. The Morgan fingerprint density at radius 1 is 1.12 bits per heavy atom. The molecular formula is C25H21N3O6. The number of hydrogen-bond acceptors (Lipinski definition) is 7. The van der Waals surface area contributed by atoms with Gasteiger partial charge in [0.15, 0.2) is 11.5 Å². The first-order chi connectivity index (χ1) is 16.4. The van der Waals surface area contributed by atoms with Crippen molar-refractivity contribution in [3.8, 4) is 23.3 Å². The number of nitro benzene ring substituents is 1. The molecule has 0 spiro atoms. The number of non-ortho nitro benzene ring substituents is 1. The molecule has 0 saturated carbocycles. The molecule has 172 valence electrons. The maximum atomic E-state index is 12.6. The minimum Gasteiger partial charge on any atom is -0.506 e. The molecule has 0 unspecified atom stereocenters. The van der Waals surface area contributed by atoms with Gasteiger partial charge in [0.05, 0.1) is 23.3 Å². The van der Waals surface area contributed by atoms with Crippen molar-refractivity contribution in [3.63, 3.8) is 0 Å². The Balaban J connectivity index is 1.79. The Morgan fingerprint density at radius 3 is 2.53 bits per heavy atom. The van der Waals surface area contributed by atoms with Crippen LogP contribution in [0, 0.1) is 21.4 Å². The van der Waals surface area contributed by atoms with Crippen molar-refractivity contribution in [2.45, 2.75) is 13.5 Å². The van der Waals surface area contributed by atoms with Crippen molar-refractivity contribution in [1.29, 1.82) is 5.26 Å². The third-order valence-corrected chi connectivity index (χ3v) is 4.62. The van der Waals surface area contributed by atoms with E-state index in [1.54, 1.807) is 18.2 Å². The zero-order valence-corrected chi connectivity index (χ0v) is 18.2. The summed E-state index contributed by atoms with van der Waals surface area (Å²) in [4.78, 5) is 22.7. The average molecular weight is 459 g/mol. The Hall–Kier alpha value is -4.84. The van der Waals surface area contributed by atoms with Crippen LogP contribution in [-0.2, 0) is 11.4 Å². The summed E-state index contributed by atoms with van der Waals surface area (Å²) in [5, 5.41) is 32.6. The second-order valence-corrected chi connectivity index (χ2v) is 7.00. The Bertz CT molecular complexity index is 1270. The predicted octanol–water partition coefficient (Wildman–Crippen LogP) is 4.82. The monoisotopic (exact) mass is 459 g/mol. The molecule has 0 radical (unpaired) electrons. The first kappa shape index (κ1) is 23.8. The van der Waals surface area contributed by atoms with E-state index >= 15 is 0 Å². The van der Waals surface area contributed by atoms with E-state index in [1.807, 2.05) is 43.3 Å². The predicted molar refractivity (Wildman–Crippen MR) is 125 cm³/mol. The molecule has 9 heteroatoms. The zero-order chi connectivity index (χ0) is 24.5. The number of nitrogens with zero attached hydrogens (tertiary/aromatic N) is 2. The van der Waals surface area contributed by atoms with Gasteiger partial charge in [-0.1, -0.05) is 36.4 Å². The molecule has 3 aromatic carbocycles. The zero-order valence-electron chi connectivity index (χ0n) is 18.2. The van der Waals surface area contributed by atoms with E-state index in [0.29, 0.717) is 30.3 Å². The number of anilines is 1. The van der Waals surface area contributed by atoms with Crippen molar-refractivity contribution in [2.24, 2.45) is 0 Å². The topological polar surface area (TPSA) is 135 Å². The maximum Gasteiger partial charge on any atom is 0.273 e. The lowest BCUT2D eigenvalue weighted by molar-refractivity contribution is -0.384. The number of ether oxygens (including phenoxy) is 2. The number of nitrogens with one attached hydrogen (secondary N) is 1. The molecule has 0 atom stereocenters. The van der Waals surface area contributed by atoms with Crippen LogP contribution >= 0.6 is 0 Å². The highest BCUT2D eigenvalue weighted by Gasteiger charge is 2.15. The Labute approximate surface area is 195 Å². The molecule has 0 aliphatic rings. The van der Waals surface area contributed by atoms with Crippen LogP contribution in [0.5, 0.6) is 17.2 Å². The number of benzene rings is 3. The normalized spacial score (nSPS) is 10.8. The van der Waals surface area contributed by atoms with Crippen LogP contribution in [0.2, 0.25) is 0 Å². The molecule has 3 rings (SSSR count). The second kappa shape index (κ2) is 11.2. The Morgan fingerprint density at radius 2 is 1.88 bits per heavy atom. The van der Waals surface area contributed by atoms with E-state index in [2.05, 4.69) is 5.32 Å². The molecule has 9 nitrogen and oxygen atoms in total. The first-order valence-electron chi connectivity index (χ1n) is 10.3. The van der Waals surface area contributed by atoms with Crippen LogP contribution in [0.4, 0.5) is 11.4 Å². The van der Waals surface area contributed by atoms with Crippen molar-refractivity contribution in [1.82, 2.24) is 0 Å². The van der Waals surface area contributed by atoms with Crippen LogP contribution < -0.4 is 14.8 Å². The van der Waals surface area contributed by atoms with Gasteiger partial charge in [0.2, 0.25) is 0 Å². The molecule has 0 aliphatic heterocycles. The fraction of sp³-hybridized carbons (Fsp3) is 0.120. The lowest BCUT2D eigenvalue weighted by atomic mass is 10.1. The summed E-state index contributed by atoms with van der Waals surface area (Å²) in [5.41, 5.74) is 0.890. The highest BCUT2D eigenvalue weighted by molar-refractivity contribution is 6.10. The molecule has 0 fully saturated rings. The van der Waals surface area contributed by atoms with Gasteiger partial charge >= 0.3 is 0 Å². The number of phenolic OH excluding ortho intramolecular Hbond substituents is 1. The lowest BCUT2D eigenvalue weighted by Gasteiger charge is -2.13. The van der Waals surface area contributed by atoms with Gasteiger partial charge in [0, 0.05) is 6.07 Å². The summed E-state index contributed by atoms with van der Waals surface area (Å²) in [6, 6.07) is 19.7. The van der Waals surface area contributed by atoms with Crippen molar-refractivity contribution in [3.05, 3.63) is 93.5 Å². The largest absolute Gasteiger partial charge is 0.506 e.